The summed E-state index contributed by atoms with van der Waals surface area (Å²) in [5.74, 6) is -0.324. The van der Waals surface area contributed by atoms with Gasteiger partial charge in [0.05, 0.1) is 5.92 Å². The summed E-state index contributed by atoms with van der Waals surface area (Å²) in [4.78, 5) is 15.1. The molecule has 3 aromatic rings. The van der Waals surface area contributed by atoms with Gasteiger partial charge in [0.15, 0.2) is 0 Å². The molecule has 0 bridgehead atoms. The zero-order valence-corrected chi connectivity index (χ0v) is 17.8. The molecule has 26 heavy (non-hydrogen) atoms. The molecule has 134 valence electrons. The molecule has 1 aliphatic carbocycles. The minimum absolute atomic E-state index is 0.134. The minimum atomic E-state index is -0.666. The number of nitro groups is 1. The average molecular weight is 499 g/mol. The van der Waals surface area contributed by atoms with Crippen molar-refractivity contribution in [3.63, 3.8) is 0 Å². The third-order valence-electron chi connectivity index (χ3n) is 5.18. The van der Waals surface area contributed by atoms with Crippen LogP contribution in [-0.2, 0) is 6.42 Å². The Morgan fingerprint density at radius 1 is 1.27 bits per heavy atom. The number of H-pyrrole nitrogens is 1. The fourth-order valence-electron chi connectivity index (χ4n) is 4.13. The Hall–Kier alpha value is -1.37. The lowest BCUT2D eigenvalue weighted by atomic mass is 9.75. The van der Waals surface area contributed by atoms with Gasteiger partial charge in [0.25, 0.3) is 0 Å². The van der Waals surface area contributed by atoms with E-state index < -0.39 is 6.04 Å². The summed E-state index contributed by atoms with van der Waals surface area (Å²) in [5.41, 5.74) is 5.01. The first-order valence-electron chi connectivity index (χ1n) is 8.26. The summed E-state index contributed by atoms with van der Waals surface area (Å²) in [6.07, 6.45) is 1.20. The molecular weight excluding hydrogens is 483 g/mol. The van der Waals surface area contributed by atoms with Gasteiger partial charge in [-0.1, -0.05) is 43.5 Å². The predicted molar refractivity (Wildman–Crippen MR) is 111 cm³/mol. The second-order valence-electron chi connectivity index (χ2n) is 6.68. The Kier molecular flexibility index (Phi) is 4.61. The van der Waals surface area contributed by atoms with Crippen LogP contribution in [0.2, 0.25) is 5.02 Å². The third kappa shape index (κ3) is 2.88. The van der Waals surface area contributed by atoms with E-state index in [-0.39, 0.29) is 10.8 Å². The second kappa shape index (κ2) is 6.66. The maximum Gasteiger partial charge on any atom is 0.224 e. The Morgan fingerprint density at radius 2 is 2.04 bits per heavy atom. The highest BCUT2D eigenvalue weighted by Gasteiger charge is 2.41. The molecule has 1 aromatic heterocycles. The molecule has 0 amide bonds. The smallest absolute Gasteiger partial charge is 0.224 e. The minimum Gasteiger partial charge on any atom is -0.358 e. The average Bonchev–Trinajstić information content (AvgIpc) is 2.88. The number of aromatic nitrogens is 1. The zero-order valence-electron chi connectivity index (χ0n) is 13.9. The lowest BCUT2D eigenvalue weighted by Crippen LogP contribution is -2.33. The first-order valence-corrected chi connectivity index (χ1v) is 10.2. The summed E-state index contributed by atoms with van der Waals surface area (Å²) in [7, 11) is 0. The van der Waals surface area contributed by atoms with Crippen LogP contribution < -0.4 is 0 Å². The van der Waals surface area contributed by atoms with Crippen molar-refractivity contribution in [2.45, 2.75) is 31.7 Å². The van der Waals surface area contributed by atoms with Crippen LogP contribution in [0.25, 0.3) is 10.9 Å². The van der Waals surface area contributed by atoms with Crippen LogP contribution in [0.4, 0.5) is 0 Å². The summed E-state index contributed by atoms with van der Waals surface area (Å²) >= 11 is 13.4. The van der Waals surface area contributed by atoms with Crippen molar-refractivity contribution in [3.8, 4) is 0 Å². The maximum absolute atomic E-state index is 11.9. The SMILES string of the molecule is Cc1[nH]c2ccc(Cl)cc2c1[C@H]1c2cc(Br)cc(Br)c2CC[C@@H]1[N+](=O)[O-]. The molecule has 2 aromatic carbocycles. The van der Waals surface area contributed by atoms with Gasteiger partial charge in [-0.2, -0.15) is 0 Å². The van der Waals surface area contributed by atoms with Crippen molar-refractivity contribution in [1.82, 2.24) is 4.98 Å². The van der Waals surface area contributed by atoms with Gasteiger partial charge in [-0.25, -0.2) is 0 Å². The van der Waals surface area contributed by atoms with Gasteiger partial charge in [-0.15, -0.1) is 0 Å². The van der Waals surface area contributed by atoms with E-state index in [0.717, 1.165) is 42.2 Å². The number of aromatic amines is 1. The van der Waals surface area contributed by atoms with Crippen molar-refractivity contribution in [1.29, 1.82) is 0 Å². The van der Waals surface area contributed by atoms with Crippen molar-refractivity contribution >= 4 is 54.4 Å². The molecular formula is C19H15Br2ClN2O2. The number of fused-ring (bicyclic) bond motifs is 2. The van der Waals surface area contributed by atoms with Gasteiger partial charge >= 0.3 is 0 Å². The molecule has 2 atom stereocenters. The quantitative estimate of drug-likeness (QED) is 0.329. The molecule has 0 aliphatic heterocycles. The maximum atomic E-state index is 11.9. The summed E-state index contributed by atoms with van der Waals surface area (Å²) in [6.45, 7) is 1.97. The molecule has 4 rings (SSSR count). The summed E-state index contributed by atoms with van der Waals surface area (Å²) < 4.78 is 1.90. The first kappa shape index (κ1) is 18.0. The van der Waals surface area contributed by atoms with Gasteiger partial charge < -0.3 is 4.98 Å². The van der Waals surface area contributed by atoms with Gasteiger partial charge in [0, 0.05) is 41.9 Å². The summed E-state index contributed by atoms with van der Waals surface area (Å²) in [6, 6.07) is 9.01. The van der Waals surface area contributed by atoms with E-state index in [1.807, 2.05) is 37.3 Å². The highest BCUT2D eigenvalue weighted by molar-refractivity contribution is 9.11. The topological polar surface area (TPSA) is 58.9 Å². The van der Waals surface area contributed by atoms with E-state index in [0.29, 0.717) is 17.9 Å². The number of hydrogen-bond acceptors (Lipinski definition) is 2. The number of nitrogens with zero attached hydrogens (tertiary/aromatic N) is 1. The van der Waals surface area contributed by atoms with E-state index in [1.165, 1.54) is 0 Å². The van der Waals surface area contributed by atoms with Crippen LogP contribution in [0.3, 0.4) is 0 Å². The molecule has 0 radical (unpaired) electrons. The molecule has 0 fully saturated rings. The number of nitrogens with one attached hydrogen (secondary N) is 1. The van der Waals surface area contributed by atoms with Crippen LogP contribution in [0, 0.1) is 17.0 Å². The Balaban J connectivity index is 2.04. The molecule has 0 saturated heterocycles. The Morgan fingerprint density at radius 3 is 2.77 bits per heavy atom. The molecule has 0 unspecified atom stereocenters. The molecule has 0 saturated carbocycles. The lowest BCUT2D eigenvalue weighted by molar-refractivity contribution is -0.526. The zero-order chi connectivity index (χ0) is 18.6. The van der Waals surface area contributed by atoms with Crippen LogP contribution in [0.15, 0.2) is 39.3 Å². The van der Waals surface area contributed by atoms with Crippen LogP contribution >= 0.6 is 43.5 Å². The number of rotatable bonds is 2. The number of aryl methyl sites for hydroxylation is 1. The van der Waals surface area contributed by atoms with Crippen molar-refractivity contribution < 1.29 is 4.92 Å². The fraction of sp³-hybridized carbons (Fsp3) is 0.263. The van der Waals surface area contributed by atoms with Crippen LogP contribution in [0.5, 0.6) is 0 Å². The molecule has 0 spiro atoms. The lowest BCUT2D eigenvalue weighted by Gasteiger charge is -2.30. The third-order valence-corrected chi connectivity index (χ3v) is 6.58. The predicted octanol–water partition coefficient (Wildman–Crippen LogP) is 6.38. The Bertz CT molecular complexity index is 1050. The molecule has 4 nitrogen and oxygen atoms in total. The fourth-order valence-corrected chi connectivity index (χ4v) is 5.75. The number of halogens is 3. The van der Waals surface area contributed by atoms with Gasteiger partial charge in [-0.05, 0) is 60.4 Å². The van der Waals surface area contributed by atoms with Crippen LogP contribution in [0.1, 0.15) is 34.7 Å². The largest absolute Gasteiger partial charge is 0.358 e. The van der Waals surface area contributed by atoms with Crippen molar-refractivity contribution in [2.24, 2.45) is 0 Å². The highest BCUT2D eigenvalue weighted by Crippen LogP contribution is 2.45. The van der Waals surface area contributed by atoms with Crippen molar-refractivity contribution in [3.05, 3.63) is 76.8 Å². The van der Waals surface area contributed by atoms with E-state index >= 15 is 0 Å². The van der Waals surface area contributed by atoms with E-state index in [2.05, 4.69) is 36.8 Å². The normalized spacial score (nSPS) is 19.5. The number of hydrogen-bond donors (Lipinski definition) is 1. The Labute approximate surface area is 172 Å². The van der Waals surface area contributed by atoms with E-state index in [9.17, 15) is 10.1 Å². The van der Waals surface area contributed by atoms with Crippen molar-refractivity contribution in [2.75, 3.05) is 0 Å². The number of benzene rings is 2. The standard InChI is InChI=1S/C19H15Br2ClN2O2/c1-9-18(14-8-11(22)2-4-16(14)23-9)19-13-6-10(20)7-15(21)12(13)3-5-17(19)24(25)26/h2,4,6-8,17,19,23H,3,5H2,1H3/t17-,19-/m0/s1. The first-order chi connectivity index (χ1) is 12.4. The second-order valence-corrected chi connectivity index (χ2v) is 8.88. The molecule has 1 heterocycles. The van der Waals surface area contributed by atoms with E-state index in [1.54, 1.807) is 0 Å². The monoisotopic (exact) mass is 496 g/mol. The van der Waals surface area contributed by atoms with Gasteiger partial charge in [-0.3, -0.25) is 10.1 Å². The van der Waals surface area contributed by atoms with Gasteiger partial charge in [0.2, 0.25) is 6.04 Å². The highest BCUT2D eigenvalue weighted by atomic mass is 79.9. The van der Waals surface area contributed by atoms with E-state index in [4.69, 9.17) is 11.6 Å². The van der Waals surface area contributed by atoms with Crippen LogP contribution in [-0.4, -0.2) is 15.9 Å². The summed E-state index contributed by atoms with van der Waals surface area (Å²) in [5, 5.41) is 13.5. The molecule has 1 aliphatic rings. The van der Waals surface area contributed by atoms with Gasteiger partial charge in [0.1, 0.15) is 0 Å². The molecule has 7 heteroatoms. The molecule has 1 N–H and O–H groups in total.